The van der Waals surface area contributed by atoms with Crippen molar-refractivity contribution in [2.75, 3.05) is 50.5 Å². The number of sulfone groups is 1. The molecule has 0 spiro atoms. The number of halogens is 1. The number of carbonyl (C=O) groups excluding carboxylic acids is 1. The van der Waals surface area contributed by atoms with Crippen molar-refractivity contribution in [3.8, 4) is 0 Å². The Balaban J connectivity index is 1.61. The molecule has 0 bridgehead atoms. The van der Waals surface area contributed by atoms with Crippen molar-refractivity contribution in [2.24, 2.45) is 0 Å². The number of ether oxygens (including phenoxy) is 1. The minimum Gasteiger partial charge on any atom is -0.379 e. The average molecular weight is 478 g/mol. The van der Waals surface area contributed by atoms with E-state index in [1.807, 2.05) is 0 Å². The van der Waals surface area contributed by atoms with Crippen LogP contribution in [0.3, 0.4) is 0 Å². The molecular weight excluding hydrogens is 453 g/mol. The van der Waals surface area contributed by atoms with E-state index in [2.05, 4.69) is 9.88 Å². The molecule has 0 radical (unpaired) electrons. The predicted octanol–water partition coefficient (Wildman–Crippen LogP) is 2.75. The maximum absolute atomic E-state index is 13.2. The molecule has 4 rings (SSSR count). The summed E-state index contributed by atoms with van der Waals surface area (Å²) in [5.41, 5.74) is 1.36. The summed E-state index contributed by atoms with van der Waals surface area (Å²) in [5.74, 6) is -0.495. The van der Waals surface area contributed by atoms with Gasteiger partial charge in [-0.1, -0.05) is 23.5 Å². The van der Waals surface area contributed by atoms with Gasteiger partial charge in [-0.25, -0.2) is 17.8 Å². The molecule has 170 valence electrons. The first kappa shape index (κ1) is 22.8. The molecule has 2 aromatic carbocycles. The number of nitrogens with zero attached hydrogens (tertiary/aromatic N) is 3. The maximum Gasteiger partial charge on any atom is 0.233 e. The van der Waals surface area contributed by atoms with Crippen LogP contribution < -0.4 is 4.90 Å². The number of rotatable bonds is 7. The lowest BCUT2D eigenvalue weighted by atomic mass is 10.1. The van der Waals surface area contributed by atoms with Gasteiger partial charge in [-0.3, -0.25) is 14.6 Å². The highest BCUT2D eigenvalue weighted by molar-refractivity contribution is 7.90. The fourth-order valence-electron chi connectivity index (χ4n) is 3.50. The third-order valence-corrected chi connectivity index (χ3v) is 7.47. The zero-order valence-corrected chi connectivity index (χ0v) is 19.3. The zero-order chi connectivity index (χ0) is 22.7. The van der Waals surface area contributed by atoms with Crippen LogP contribution in [0.2, 0.25) is 0 Å². The van der Waals surface area contributed by atoms with Crippen molar-refractivity contribution in [3.63, 3.8) is 0 Å². The Morgan fingerprint density at radius 3 is 2.59 bits per heavy atom. The van der Waals surface area contributed by atoms with Crippen LogP contribution in [0.25, 0.3) is 10.2 Å². The van der Waals surface area contributed by atoms with Crippen molar-refractivity contribution in [1.82, 2.24) is 9.88 Å². The van der Waals surface area contributed by atoms with Gasteiger partial charge in [0.1, 0.15) is 5.82 Å². The fraction of sp³-hybridized carbons (Fsp3) is 0.364. The van der Waals surface area contributed by atoms with Gasteiger partial charge in [-0.05, 0) is 35.9 Å². The van der Waals surface area contributed by atoms with Crippen LogP contribution in [-0.4, -0.2) is 69.9 Å². The van der Waals surface area contributed by atoms with E-state index in [4.69, 9.17) is 4.74 Å². The molecule has 2 heterocycles. The Morgan fingerprint density at radius 1 is 1.19 bits per heavy atom. The van der Waals surface area contributed by atoms with Gasteiger partial charge < -0.3 is 4.74 Å². The molecular formula is C22H24FN3O4S2. The predicted molar refractivity (Wildman–Crippen MR) is 122 cm³/mol. The molecule has 10 heteroatoms. The van der Waals surface area contributed by atoms with Gasteiger partial charge in [0, 0.05) is 32.4 Å². The number of fused-ring (bicyclic) bond motifs is 1. The van der Waals surface area contributed by atoms with E-state index in [1.165, 1.54) is 29.5 Å². The highest BCUT2D eigenvalue weighted by atomic mass is 32.2. The maximum atomic E-state index is 13.2. The second-order valence-corrected chi connectivity index (χ2v) is 10.7. The molecule has 1 aliphatic rings. The molecule has 32 heavy (non-hydrogen) atoms. The second kappa shape index (κ2) is 9.62. The molecule has 1 aliphatic heterocycles. The molecule has 0 N–H and O–H groups in total. The number of aromatic nitrogens is 1. The molecule has 0 atom stereocenters. The lowest BCUT2D eigenvalue weighted by molar-refractivity contribution is -0.118. The summed E-state index contributed by atoms with van der Waals surface area (Å²) in [7, 11) is -3.34. The smallest absolute Gasteiger partial charge is 0.233 e. The van der Waals surface area contributed by atoms with Gasteiger partial charge >= 0.3 is 0 Å². The van der Waals surface area contributed by atoms with Gasteiger partial charge in [0.15, 0.2) is 15.0 Å². The minimum absolute atomic E-state index is 0.119. The number of morpholine rings is 1. The molecule has 0 saturated carbocycles. The van der Waals surface area contributed by atoms with Crippen LogP contribution >= 0.6 is 11.3 Å². The van der Waals surface area contributed by atoms with Gasteiger partial charge in [0.2, 0.25) is 5.91 Å². The normalized spacial score (nSPS) is 15.2. The van der Waals surface area contributed by atoms with Crippen molar-refractivity contribution in [2.45, 2.75) is 11.3 Å². The molecule has 0 aliphatic carbocycles. The fourth-order valence-corrected chi connectivity index (χ4v) is 5.27. The van der Waals surface area contributed by atoms with Crippen LogP contribution in [0, 0.1) is 5.82 Å². The summed E-state index contributed by atoms with van der Waals surface area (Å²) in [6, 6.07) is 10.7. The molecule has 1 saturated heterocycles. The van der Waals surface area contributed by atoms with Crippen LogP contribution in [-0.2, 0) is 25.8 Å². The third kappa shape index (κ3) is 5.50. The largest absolute Gasteiger partial charge is 0.379 e. The van der Waals surface area contributed by atoms with Crippen molar-refractivity contribution in [1.29, 1.82) is 0 Å². The van der Waals surface area contributed by atoms with E-state index in [9.17, 15) is 17.6 Å². The van der Waals surface area contributed by atoms with E-state index in [0.29, 0.717) is 47.2 Å². The minimum atomic E-state index is -3.34. The average Bonchev–Trinajstić information content (AvgIpc) is 3.18. The SMILES string of the molecule is CS(=O)(=O)c1ccc2nc(N(CCN3CCOCC3)C(=O)Cc3ccc(F)cc3)sc2c1. The quantitative estimate of drug-likeness (QED) is 0.521. The summed E-state index contributed by atoms with van der Waals surface area (Å²) in [4.78, 5) is 21.9. The Morgan fingerprint density at radius 2 is 1.91 bits per heavy atom. The molecule has 1 amide bonds. The first-order valence-electron chi connectivity index (χ1n) is 10.3. The number of hydrogen-bond donors (Lipinski definition) is 0. The van der Waals surface area contributed by atoms with Crippen molar-refractivity contribution >= 4 is 42.4 Å². The van der Waals surface area contributed by atoms with Crippen LogP contribution in [0.5, 0.6) is 0 Å². The summed E-state index contributed by atoms with van der Waals surface area (Å²) in [6.45, 7) is 4.05. The lowest BCUT2D eigenvalue weighted by Crippen LogP contribution is -2.43. The topological polar surface area (TPSA) is 79.8 Å². The monoisotopic (exact) mass is 477 g/mol. The van der Waals surface area contributed by atoms with Crippen LogP contribution in [0.1, 0.15) is 5.56 Å². The van der Waals surface area contributed by atoms with Crippen molar-refractivity contribution < 1.29 is 22.3 Å². The van der Waals surface area contributed by atoms with E-state index < -0.39 is 9.84 Å². The molecule has 0 unspecified atom stereocenters. The Hall–Kier alpha value is -2.40. The van der Waals surface area contributed by atoms with Gasteiger partial charge in [0.25, 0.3) is 0 Å². The summed E-state index contributed by atoms with van der Waals surface area (Å²) in [6.07, 6.45) is 1.28. The zero-order valence-electron chi connectivity index (χ0n) is 17.7. The first-order chi connectivity index (χ1) is 15.3. The Labute approximate surface area is 190 Å². The number of amides is 1. The first-order valence-corrected chi connectivity index (χ1v) is 13.0. The van der Waals surface area contributed by atoms with E-state index in [0.717, 1.165) is 19.3 Å². The Kier molecular flexibility index (Phi) is 6.85. The van der Waals surface area contributed by atoms with Crippen molar-refractivity contribution in [3.05, 3.63) is 53.8 Å². The molecule has 3 aromatic rings. The van der Waals surface area contributed by atoms with E-state index >= 15 is 0 Å². The molecule has 1 aromatic heterocycles. The highest BCUT2D eigenvalue weighted by Crippen LogP contribution is 2.31. The number of anilines is 1. The summed E-state index contributed by atoms with van der Waals surface area (Å²) >= 11 is 1.29. The standard InChI is InChI=1S/C22H24FN3O4S2/c1-32(28,29)18-6-7-19-20(15-18)31-22(24-19)26(9-8-25-10-12-30-13-11-25)21(27)14-16-2-4-17(23)5-3-16/h2-7,15H,8-14H2,1H3. The highest BCUT2D eigenvalue weighted by Gasteiger charge is 2.22. The molecule has 1 fully saturated rings. The van der Waals surface area contributed by atoms with Crippen LogP contribution in [0.4, 0.5) is 9.52 Å². The van der Waals surface area contributed by atoms with E-state index in [-0.39, 0.29) is 23.0 Å². The number of hydrogen-bond acceptors (Lipinski definition) is 7. The second-order valence-electron chi connectivity index (χ2n) is 7.70. The Bertz CT molecular complexity index is 1210. The third-order valence-electron chi connectivity index (χ3n) is 5.32. The van der Waals surface area contributed by atoms with Gasteiger partial charge in [-0.15, -0.1) is 0 Å². The van der Waals surface area contributed by atoms with Gasteiger partial charge in [0.05, 0.1) is 34.7 Å². The number of carbonyl (C=O) groups is 1. The van der Waals surface area contributed by atoms with Gasteiger partial charge in [-0.2, -0.15) is 0 Å². The number of thiazole rings is 1. The summed E-state index contributed by atoms with van der Waals surface area (Å²) in [5, 5.41) is 0.519. The van der Waals surface area contributed by atoms with E-state index in [1.54, 1.807) is 29.2 Å². The van der Waals surface area contributed by atoms with Crippen LogP contribution in [0.15, 0.2) is 47.4 Å². The lowest BCUT2D eigenvalue weighted by Gasteiger charge is -2.29. The summed E-state index contributed by atoms with van der Waals surface area (Å²) < 4.78 is 43.2. The number of benzene rings is 2. The molecule has 7 nitrogen and oxygen atoms in total.